The molecule has 1 fully saturated rings. The Morgan fingerprint density at radius 2 is 2.00 bits per heavy atom. The third-order valence-corrected chi connectivity index (χ3v) is 7.20. The van der Waals surface area contributed by atoms with Gasteiger partial charge in [0, 0.05) is 23.4 Å². The number of para-hydroxylation sites is 1. The number of carbonyl (C=O) groups excluding carboxylic acids is 2. The molecule has 1 saturated carbocycles. The Morgan fingerprint density at radius 3 is 2.70 bits per heavy atom. The van der Waals surface area contributed by atoms with E-state index in [2.05, 4.69) is 18.4 Å². The summed E-state index contributed by atoms with van der Waals surface area (Å²) in [5.74, 6) is 1.08. The number of rotatable bonds is 8. The Hall–Kier alpha value is -2.34. The van der Waals surface area contributed by atoms with E-state index in [1.165, 1.54) is 10.4 Å². The Kier molecular flexibility index (Phi) is 6.42. The lowest BCUT2D eigenvalue weighted by molar-refractivity contribution is -0.145. The van der Waals surface area contributed by atoms with Crippen LogP contribution in [0.4, 0.5) is 0 Å². The third kappa shape index (κ3) is 4.53. The Bertz CT molecular complexity index is 878. The average Bonchev–Trinajstić information content (AvgIpc) is 3.52. The van der Waals surface area contributed by atoms with E-state index in [0.29, 0.717) is 13.2 Å². The molecule has 1 aromatic heterocycles. The largest absolute Gasteiger partial charge is 0.491 e. The van der Waals surface area contributed by atoms with E-state index in [0.717, 1.165) is 31.4 Å². The van der Waals surface area contributed by atoms with E-state index in [4.69, 9.17) is 4.74 Å². The van der Waals surface area contributed by atoms with Crippen molar-refractivity contribution in [2.75, 3.05) is 19.7 Å². The van der Waals surface area contributed by atoms with Gasteiger partial charge in [0.15, 0.2) is 0 Å². The van der Waals surface area contributed by atoms with Crippen molar-refractivity contribution >= 4 is 23.2 Å². The van der Waals surface area contributed by atoms with Gasteiger partial charge in [0.25, 0.3) is 0 Å². The van der Waals surface area contributed by atoms with Gasteiger partial charge in [-0.3, -0.25) is 9.59 Å². The van der Waals surface area contributed by atoms with Crippen LogP contribution in [0.2, 0.25) is 0 Å². The molecule has 2 aliphatic rings. The Labute approximate surface area is 182 Å². The van der Waals surface area contributed by atoms with Gasteiger partial charge in [-0.25, -0.2) is 0 Å². The highest BCUT2D eigenvalue weighted by Crippen LogP contribution is 2.35. The predicted octanol–water partition coefficient (Wildman–Crippen LogP) is 4.29. The summed E-state index contributed by atoms with van der Waals surface area (Å²) in [4.78, 5) is 31.3. The summed E-state index contributed by atoms with van der Waals surface area (Å²) in [6.07, 6.45) is 3.62. The van der Waals surface area contributed by atoms with Gasteiger partial charge >= 0.3 is 0 Å². The molecule has 2 heterocycles. The smallest absolute Gasteiger partial charge is 0.242 e. The highest BCUT2D eigenvalue weighted by Gasteiger charge is 2.38. The lowest BCUT2D eigenvalue weighted by Crippen LogP contribution is -2.50. The summed E-state index contributed by atoms with van der Waals surface area (Å²) in [6, 6.07) is 11.8. The van der Waals surface area contributed by atoms with E-state index in [1.54, 1.807) is 16.2 Å². The van der Waals surface area contributed by atoms with E-state index in [1.807, 2.05) is 42.2 Å². The van der Waals surface area contributed by atoms with Crippen molar-refractivity contribution in [3.63, 3.8) is 0 Å². The standard InChI is InChI=1S/C24H30N2O3S/c1-3-17(2)26(24(28)18-9-10-18)15-23(27)25-13-11-22-20(12-14-30-22)21(25)16-29-19-7-5-4-6-8-19/h4-8,12,14,17-18,21H,3,9-11,13,15-16H2,1-2H3/t17-,21-/m1/s1. The van der Waals surface area contributed by atoms with E-state index in [-0.39, 0.29) is 36.4 Å². The Morgan fingerprint density at radius 1 is 1.23 bits per heavy atom. The summed E-state index contributed by atoms with van der Waals surface area (Å²) < 4.78 is 6.05. The summed E-state index contributed by atoms with van der Waals surface area (Å²) in [5.41, 5.74) is 1.18. The lowest BCUT2D eigenvalue weighted by atomic mass is 10.00. The third-order valence-electron chi connectivity index (χ3n) is 6.20. The molecular weight excluding hydrogens is 396 g/mol. The number of ether oxygens (including phenoxy) is 1. The molecule has 0 radical (unpaired) electrons. The zero-order valence-electron chi connectivity index (χ0n) is 17.8. The summed E-state index contributed by atoms with van der Waals surface area (Å²) in [5, 5.41) is 2.09. The van der Waals surface area contributed by atoms with Crippen molar-refractivity contribution in [3.05, 3.63) is 52.2 Å². The normalized spacial score (nSPS) is 19.1. The molecule has 2 atom stereocenters. The fourth-order valence-electron chi connectivity index (χ4n) is 4.04. The molecule has 160 valence electrons. The van der Waals surface area contributed by atoms with Gasteiger partial charge in [0.2, 0.25) is 11.8 Å². The molecule has 5 nitrogen and oxygen atoms in total. The number of amides is 2. The van der Waals surface area contributed by atoms with Crippen molar-refractivity contribution in [1.29, 1.82) is 0 Å². The van der Waals surface area contributed by atoms with Gasteiger partial charge < -0.3 is 14.5 Å². The van der Waals surface area contributed by atoms with Gasteiger partial charge in [0.1, 0.15) is 18.9 Å². The molecule has 1 aromatic carbocycles. The highest BCUT2D eigenvalue weighted by molar-refractivity contribution is 7.10. The second-order valence-electron chi connectivity index (χ2n) is 8.27. The van der Waals surface area contributed by atoms with Crippen LogP contribution in [0.5, 0.6) is 5.75 Å². The molecule has 0 bridgehead atoms. The first-order valence-electron chi connectivity index (χ1n) is 10.9. The van der Waals surface area contributed by atoms with Gasteiger partial charge in [-0.15, -0.1) is 11.3 Å². The van der Waals surface area contributed by atoms with Crippen LogP contribution in [0.3, 0.4) is 0 Å². The topological polar surface area (TPSA) is 49.9 Å². The van der Waals surface area contributed by atoms with E-state index >= 15 is 0 Å². The molecule has 0 spiro atoms. The van der Waals surface area contributed by atoms with E-state index < -0.39 is 0 Å². The van der Waals surface area contributed by atoms with Crippen molar-refractivity contribution < 1.29 is 14.3 Å². The van der Waals surface area contributed by atoms with Crippen LogP contribution in [-0.4, -0.2) is 47.4 Å². The summed E-state index contributed by atoms with van der Waals surface area (Å²) in [7, 11) is 0. The lowest BCUT2D eigenvalue weighted by Gasteiger charge is -2.38. The van der Waals surface area contributed by atoms with Gasteiger partial charge in [-0.05, 0) is 61.7 Å². The van der Waals surface area contributed by atoms with E-state index in [9.17, 15) is 9.59 Å². The molecule has 0 unspecified atom stereocenters. The zero-order chi connectivity index (χ0) is 21.1. The highest BCUT2D eigenvalue weighted by atomic mass is 32.1. The monoisotopic (exact) mass is 426 g/mol. The predicted molar refractivity (Wildman–Crippen MR) is 119 cm³/mol. The van der Waals surface area contributed by atoms with Crippen LogP contribution in [0, 0.1) is 5.92 Å². The van der Waals surface area contributed by atoms with Gasteiger partial charge in [0.05, 0.1) is 6.04 Å². The number of hydrogen-bond donors (Lipinski definition) is 0. The van der Waals surface area contributed by atoms with Crippen LogP contribution in [0.25, 0.3) is 0 Å². The zero-order valence-corrected chi connectivity index (χ0v) is 18.6. The number of fused-ring (bicyclic) bond motifs is 1. The second kappa shape index (κ2) is 9.21. The minimum atomic E-state index is -0.123. The number of nitrogens with zero attached hydrogens (tertiary/aromatic N) is 2. The number of benzene rings is 1. The summed E-state index contributed by atoms with van der Waals surface area (Å²) >= 11 is 1.75. The maximum atomic E-state index is 13.4. The molecular formula is C24H30N2O3S. The number of thiophene rings is 1. The molecule has 4 rings (SSSR count). The molecule has 2 amide bonds. The first-order valence-corrected chi connectivity index (χ1v) is 11.8. The quantitative estimate of drug-likeness (QED) is 0.633. The molecule has 1 aliphatic heterocycles. The minimum Gasteiger partial charge on any atom is -0.491 e. The van der Waals surface area contributed by atoms with Crippen LogP contribution < -0.4 is 4.74 Å². The fourth-order valence-corrected chi connectivity index (χ4v) is 4.97. The van der Waals surface area contributed by atoms with Crippen molar-refractivity contribution in [3.8, 4) is 5.75 Å². The molecule has 2 aromatic rings. The molecule has 6 heteroatoms. The maximum Gasteiger partial charge on any atom is 0.242 e. The van der Waals surface area contributed by atoms with Crippen LogP contribution in [-0.2, 0) is 16.0 Å². The first kappa shape index (κ1) is 20.9. The Balaban J connectivity index is 1.51. The van der Waals surface area contributed by atoms with Crippen LogP contribution in [0.1, 0.15) is 49.6 Å². The minimum absolute atomic E-state index is 0.0165. The molecule has 30 heavy (non-hydrogen) atoms. The van der Waals surface area contributed by atoms with Gasteiger partial charge in [-0.1, -0.05) is 25.1 Å². The molecule has 1 aliphatic carbocycles. The maximum absolute atomic E-state index is 13.4. The number of carbonyl (C=O) groups is 2. The van der Waals surface area contributed by atoms with Crippen LogP contribution >= 0.6 is 11.3 Å². The summed E-state index contributed by atoms with van der Waals surface area (Å²) in [6.45, 7) is 5.35. The van der Waals surface area contributed by atoms with Gasteiger partial charge in [-0.2, -0.15) is 0 Å². The van der Waals surface area contributed by atoms with Crippen LogP contribution in [0.15, 0.2) is 41.8 Å². The molecule has 0 saturated heterocycles. The second-order valence-corrected chi connectivity index (χ2v) is 9.27. The fraction of sp³-hybridized carbons (Fsp3) is 0.500. The average molecular weight is 427 g/mol. The number of hydrogen-bond acceptors (Lipinski definition) is 4. The SMILES string of the molecule is CC[C@@H](C)N(CC(=O)N1CCc2sccc2[C@H]1COc1ccccc1)C(=O)C1CC1. The van der Waals surface area contributed by atoms with Crippen molar-refractivity contribution in [2.45, 2.75) is 51.6 Å². The first-order chi connectivity index (χ1) is 14.6. The van der Waals surface area contributed by atoms with Crippen molar-refractivity contribution in [1.82, 2.24) is 9.80 Å². The molecule has 0 N–H and O–H groups in total. The van der Waals surface area contributed by atoms with Crippen molar-refractivity contribution in [2.24, 2.45) is 5.92 Å².